The lowest BCUT2D eigenvalue weighted by molar-refractivity contribution is 0.187. The molecule has 0 saturated heterocycles. The van der Waals surface area contributed by atoms with Crippen LogP contribution in [0, 0.1) is 0 Å². The third-order valence-electron chi connectivity index (χ3n) is 2.38. The Kier molecular flexibility index (Phi) is 5.06. The number of methoxy groups -OCH3 is 1. The van der Waals surface area contributed by atoms with E-state index in [1.165, 1.54) is 0 Å². The van der Waals surface area contributed by atoms with Crippen molar-refractivity contribution < 1.29 is 9.84 Å². The maximum Gasteiger partial charge on any atom is 0.123 e. The molecule has 0 amide bonds. The van der Waals surface area contributed by atoms with Crippen molar-refractivity contribution in [3.8, 4) is 5.75 Å². The average Bonchev–Trinajstić information content (AvgIpc) is 2.25. The van der Waals surface area contributed by atoms with Crippen molar-refractivity contribution in [1.29, 1.82) is 0 Å². The summed E-state index contributed by atoms with van der Waals surface area (Å²) in [6, 6.07) is 5.60. The van der Waals surface area contributed by atoms with Crippen molar-refractivity contribution in [2.75, 3.05) is 13.7 Å². The predicted molar refractivity (Wildman–Crippen MR) is 66.1 cm³/mol. The van der Waals surface area contributed by atoms with Crippen LogP contribution in [0.5, 0.6) is 5.75 Å². The van der Waals surface area contributed by atoms with E-state index < -0.39 is 0 Å². The van der Waals surface area contributed by atoms with E-state index >= 15 is 0 Å². The van der Waals surface area contributed by atoms with Gasteiger partial charge in [0.15, 0.2) is 0 Å². The maximum atomic E-state index is 9.21. The van der Waals surface area contributed by atoms with E-state index in [9.17, 15) is 5.11 Å². The second-order valence-electron chi connectivity index (χ2n) is 3.87. The van der Waals surface area contributed by atoms with Gasteiger partial charge in [-0.05, 0) is 32.0 Å². The molecule has 2 atom stereocenters. The van der Waals surface area contributed by atoms with Crippen LogP contribution in [0.3, 0.4) is 0 Å². The number of hydrogen-bond acceptors (Lipinski definition) is 3. The average molecular weight is 244 g/mol. The molecule has 0 aliphatic rings. The number of hydrogen-bond donors (Lipinski definition) is 2. The van der Waals surface area contributed by atoms with Gasteiger partial charge < -0.3 is 15.2 Å². The minimum absolute atomic E-state index is 0.0863. The zero-order valence-electron chi connectivity index (χ0n) is 9.83. The molecule has 0 aliphatic heterocycles. The van der Waals surface area contributed by atoms with E-state index in [1.54, 1.807) is 20.1 Å². The molecule has 1 unspecified atom stereocenters. The first-order chi connectivity index (χ1) is 7.54. The number of aliphatic hydroxyl groups is 1. The molecule has 1 aromatic rings. The third kappa shape index (κ3) is 3.67. The van der Waals surface area contributed by atoms with Gasteiger partial charge in [-0.3, -0.25) is 0 Å². The SMILES string of the molecule is COc1ccc(Cl)cc1C(C)NC[C@@H](C)O. The third-order valence-corrected chi connectivity index (χ3v) is 2.61. The Labute approximate surface area is 101 Å². The van der Waals surface area contributed by atoms with Crippen LogP contribution in [-0.4, -0.2) is 24.9 Å². The maximum absolute atomic E-state index is 9.21. The van der Waals surface area contributed by atoms with Gasteiger partial charge in [0.05, 0.1) is 13.2 Å². The molecule has 0 heterocycles. The second-order valence-corrected chi connectivity index (χ2v) is 4.30. The first-order valence-electron chi connectivity index (χ1n) is 5.29. The summed E-state index contributed by atoms with van der Waals surface area (Å²) in [5.41, 5.74) is 0.996. The molecule has 3 nitrogen and oxygen atoms in total. The Hall–Kier alpha value is -0.770. The fourth-order valence-electron chi connectivity index (χ4n) is 1.50. The lowest BCUT2D eigenvalue weighted by Gasteiger charge is -2.18. The van der Waals surface area contributed by atoms with Crippen molar-refractivity contribution in [3.05, 3.63) is 28.8 Å². The Balaban J connectivity index is 2.80. The molecule has 1 aromatic carbocycles. The molecule has 4 heteroatoms. The molecule has 90 valence electrons. The molecule has 0 saturated carbocycles. The van der Waals surface area contributed by atoms with Gasteiger partial charge in [0.1, 0.15) is 5.75 Å². The number of ether oxygens (including phenoxy) is 1. The Morgan fingerprint density at radius 1 is 1.44 bits per heavy atom. The Morgan fingerprint density at radius 3 is 2.69 bits per heavy atom. The standard InChI is InChI=1S/C12H18ClNO2/c1-8(15)7-14-9(2)11-6-10(13)4-5-12(11)16-3/h4-6,8-9,14-15H,7H2,1-3H3/t8-,9?/m1/s1. The molecule has 0 aromatic heterocycles. The van der Waals surface area contributed by atoms with Crippen molar-refractivity contribution in [1.82, 2.24) is 5.32 Å². The molecule has 16 heavy (non-hydrogen) atoms. The van der Waals surface area contributed by atoms with E-state index in [0.29, 0.717) is 11.6 Å². The van der Waals surface area contributed by atoms with Crippen LogP contribution in [0.1, 0.15) is 25.5 Å². The van der Waals surface area contributed by atoms with Crippen LogP contribution in [0.25, 0.3) is 0 Å². The summed E-state index contributed by atoms with van der Waals surface area (Å²) in [4.78, 5) is 0. The number of benzene rings is 1. The summed E-state index contributed by atoms with van der Waals surface area (Å²) in [6.45, 7) is 4.29. The topological polar surface area (TPSA) is 41.5 Å². The van der Waals surface area contributed by atoms with Crippen molar-refractivity contribution >= 4 is 11.6 Å². The summed E-state index contributed by atoms with van der Waals surface area (Å²) in [7, 11) is 1.63. The zero-order chi connectivity index (χ0) is 12.1. The molecule has 0 fully saturated rings. The van der Waals surface area contributed by atoms with Gasteiger partial charge in [-0.15, -0.1) is 0 Å². The lowest BCUT2D eigenvalue weighted by atomic mass is 10.1. The van der Waals surface area contributed by atoms with E-state index in [0.717, 1.165) is 11.3 Å². The predicted octanol–water partition coefficient (Wildman–Crippen LogP) is 2.38. The smallest absolute Gasteiger partial charge is 0.123 e. The number of rotatable bonds is 5. The first-order valence-corrected chi connectivity index (χ1v) is 5.67. The molecule has 0 spiro atoms. The molecule has 0 bridgehead atoms. The van der Waals surface area contributed by atoms with E-state index in [1.807, 2.05) is 19.1 Å². The highest BCUT2D eigenvalue weighted by atomic mass is 35.5. The largest absolute Gasteiger partial charge is 0.496 e. The van der Waals surface area contributed by atoms with Gasteiger partial charge in [-0.2, -0.15) is 0 Å². The Bertz CT molecular complexity index is 342. The molecule has 0 aliphatic carbocycles. The van der Waals surface area contributed by atoms with Crippen molar-refractivity contribution in [2.45, 2.75) is 26.0 Å². The highest BCUT2D eigenvalue weighted by Gasteiger charge is 2.12. The van der Waals surface area contributed by atoms with Crippen molar-refractivity contribution in [2.24, 2.45) is 0 Å². The van der Waals surface area contributed by atoms with Gasteiger partial charge in [-0.1, -0.05) is 11.6 Å². The molecular formula is C12H18ClNO2. The van der Waals surface area contributed by atoms with Gasteiger partial charge in [-0.25, -0.2) is 0 Å². The minimum atomic E-state index is -0.368. The van der Waals surface area contributed by atoms with Gasteiger partial charge in [0.25, 0.3) is 0 Å². The first kappa shape index (κ1) is 13.3. The molecule has 1 rings (SSSR count). The monoisotopic (exact) mass is 243 g/mol. The van der Waals surface area contributed by atoms with E-state index in [-0.39, 0.29) is 12.1 Å². The summed E-state index contributed by atoms with van der Waals surface area (Å²) in [5.74, 6) is 0.801. The van der Waals surface area contributed by atoms with Crippen LogP contribution in [0.2, 0.25) is 5.02 Å². The van der Waals surface area contributed by atoms with Crippen LogP contribution in [-0.2, 0) is 0 Å². The molecule has 2 N–H and O–H groups in total. The Morgan fingerprint density at radius 2 is 2.12 bits per heavy atom. The lowest BCUT2D eigenvalue weighted by Crippen LogP contribution is -2.27. The highest BCUT2D eigenvalue weighted by molar-refractivity contribution is 6.30. The number of halogens is 1. The van der Waals surface area contributed by atoms with Crippen LogP contribution < -0.4 is 10.1 Å². The quantitative estimate of drug-likeness (QED) is 0.835. The van der Waals surface area contributed by atoms with Gasteiger partial charge in [0.2, 0.25) is 0 Å². The number of aliphatic hydroxyl groups excluding tert-OH is 1. The van der Waals surface area contributed by atoms with Crippen LogP contribution in [0.15, 0.2) is 18.2 Å². The number of nitrogens with one attached hydrogen (secondary N) is 1. The van der Waals surface area contributed by atoms with Gasteiger partial charge >= 0.3 is 0 Å². The van der Waals surface area contributed by atoms with Crippen molar-refractivity contribution in [3.63, 3.8) is 0 Å². The highest BCUT2D eigenvalue weighted by Crippen LogP contribution is 2.27. The summed E-state index contributed by atoms with van der Waals surface area (Å²) >= 11 is 5.95. The summed E-state index contributed by atoms with van der Waals surface area (Å²) in [6.07, 6.45) is -0.368. The summed E-state index contributed by atoms with van der Waals surface area (Å²) < 4.78 is 5.27. The normalized spacial score (nSPS) is 14.6. The van der Waals surface area contributed by atoms with E-state index in [4.69, 9.17) is 16.3 Å². The second kappa shape index (κ2) is 6.09. The van der Waals surface area contributed by atoms with Crippen LogP contribution in [0.4, 0.5) is 0 Å². The fraction of sp³-hybridized carbons (Fsp3) is 0.500. The molecular weight excluding hydrogens is 226 g/mol. The minimum Gasteiger partial charge on any atom is -0.496 e. The fourth-order valence-corrected chi connectivity index (χ4v) is 1.68. The van der Waals surface area contributed by atoms with E-state index in [2.05, 4.69) is 5.32 Å². The molecule has 0 radical (unpaired) electrons. The summed E-state index contributed by atoms with van der Waals surface area (Å²) in [5, 5.41) is 13.1. The van der Waals surface area contributed by atoms with Crippen LogP contribution >= 0.6 is 11.6 Å². The van der Waals surface area contributed by atoms with Gasteiger partial charge in [0, 0.05) is 23.2 Å². The zero-order valence-corrected chi connectivity index (χ0v) is 10.6.